The first-order valence-electron chi connectivity index (χ1n) is 5.27. The van der Waals surface area contributed by atoms with E-state index in [0.717, 1.165) is 0 Å². The van der Waals surface area contributed by atoms with Crippen molar-refractivity contribution in [2.45, 2.75) is 52.4 Å². The van der Waals surface area contributed by atoms with Gasteiger partial charge in [0.1, 0.15) is 10.8 Å². The number of aromatic nitrogens is 2. The molecule has 0 fully saturated rings. The van der Waals surface area contributed by atoms with Gasteiger partial charge in [-0.2, -0.15) is 4.39 Å². The SMILES string of the molecule is CC(C)(C)c1nc(F)c(Cl)c(C(C)(C)C)n1. The predicted octanol–water partition coefficient (Wildman–Crippen LogP) is 3.86. The van der Waals surface area contributed by atoms with Gasteiger partial charge < -0.3 is 0 Å². The van der Waals surface area contributed by atoms with Crippen molar-refractivity contribution in [3.63, 3.8) is 0 Å². The minimum absolute atomic E-state index is 0.0282. The Hall–Kier alpha value is -0.700. The number of nitrogens with zero attached hydrogens (tertiary/aromatic N) is 2. The van der Waals surface area contributed by atoms with Crippen LogP contribution >= 0.6 is 11.6 Å². The molecule has 0 aliphatic rings. The summed E-state index contributed by atoms with van der Waals surface area (Å²) in [5.41, 5.74) is -0.0154. The van der Waals surface area contributed by atoms with Crippen molar-refractivity contribution in [2.24, 2.45) is 0 Å². The van der Waals surface area contributed by atoms with Gasteiger partial charge in [-0.25, -0.2) is 9.97 Å². The van der Waals surface area contributed by atoms with Crippen molar-refractivity contribution in [3.8, 4) is 0 Å². The number of rotatable bonds is 0. The Kier molecular flexibility index (Phi) is 3.30. The van der Waals surface area contributed by atoms with Crippen LogP contribution in [-0.2, 0) is 10.8 Å². The van der Waals surface area contributed by atoms with Crippen LogP contribution in [0.1, 0.15) is 53.1 Å². The summed E-state index contributed by atoms with van der Waals surface area (Å²) in [6.07, 6.45) is 0. The molecule has 0 saturated heterocycles. The van der Waals surface area contributed by atoms with Crippen molar-refractivity contribution < 1.29 is 4.39 Å². The lowest BCUT2D eigenvalue weighted by Gasteiger charge is -2.23. The van der Waals surface area contributed by atoms with Gasteiger partial charge in [0.2, 0.25) is 5.95 Å². The van der Waals surface area contributed by atoms with E-state index in [4.69, 9.17) is 11.6 Å². The molecule has 16 heavy (non-hydrogen) atoms. The molecule has 2 nitrogen and oxygen atoms in total. The fourth-order valence-electron chi connectivity index (χ4n) is 1.25. The van der Waals surface area contributed by atoms with Gasteiger partial charge >= 0.3 is 0 Å². The molecule has 1 rings (SSSR count). The molecule has 0 spiro atoms. The third-order valence-corrected chi connectivity index (χ3v) is 2.53. The molecule has 1 heterocycles. The predicted molar refractivity (Wildman–Crippen MR) is 64.4 cm³/mol. The van der Waals surface area contributed by atoms with E-state index in [1.807, 2.05) is 41.5 Å². The summed E-state index contributed by atoms with van der Waals surface area (Å²) in [5.74, 6) is -0.147. The summed E-state index contributed by atoms with van der Waals surface area (Å²) in [7, 11) is 0. The second kappa shape index (κ2) is 3.95. The van der Waals surface area contributed by atoms with Gasteiger partial charge in [-0.3, -0.25) is 0 Å². The Bertz CT molecular complexity index is 403. The monoisotopic (exact) mass is 244 g/mol. The summed E-state index contributed by atoms with van der Waals surface area (Å²) in [6.45, 7) is 11.7. The summed E-state index contributed by atoms with van der Waals surface area (Å²) in [4.78, 5) is 8.20. The van der Waals surface area contributed by atoms with Crippen molar-refractivity contribution in [1.82, 2.24) is 9.97 Å². The van der Waals surface area contributed by atoms with Crippen LogP contribution in [0, 0.1) is 5.95 Å². The molecule has 4 heteroatoms. The zero-order chi connectivity index (χ0) is 12.7. The van der Waals surface area contributed by atoms with Crippen LogP contribution in [0.3, 0.4) is 0 Å². The van der Waals surface area contributed by atoms with Crippen LogP contribution in [0.2, 0.25) is 5.02 Å². The van der Waals surface area contributed by atoms with Crippen molar-refractivity contribution >= 4 is 11.6 Å². The number of hydrogen-bond donors (Lipinski definition) is 0. The third-order valence-electron chi connectivity index (χ3n) is 2.19. The quantitative estimate of drug-likeness (QED) is 0.648. The zero-order valence-corrected chi connectivity index (χ0v) is 11.4. The highest BCUT2D eigenvalue weighted by Crippen LogP contribution is 2.31. The van der Waals surface area contributed by atoms with E-state index in [-0.39, 0.29) is 15.9 Å². The second-order valence-corrected chi connectivity index (χ2v) is 6.38. The van der Waals surface area contributed by atoms with E-state index in [9.17, 15) is 4.39 Å². The Morgan fingerprint density at radius 2 is 1.44 bits per heavy atom. The molecule has 1 aromatic rings. The zero-order valence-electron chi connectivity index (χ0n) is 10.7. The van der Waals surface area contributed by atoms with E-state index in [2.05, 4.69) is 9.97 Å². The summed E-state index contributed by atoms with van der Waals surface area (Å²) in [6, 6.07) is 0. The van der Waals surface area contributed by atoms with E-state index in [0.29, 0.717) is 11.5 Å². The molecule has 0 saturated carbocycles. The second-order valence-electron chi connectivity index (χ2n) is 6.00. The molecule has 0 aliphatic heterocycles. The van der Waals surface area contributed by atoms with Gasteiger partial charge in [0.05, 0.1) is 5.69 Å². The van der Waals surface area contributed by atoms with E-state index < -0.39 is 5.95 Å². The Morgan fingerprint density at radius 1 is 0.938 bits per heavy atom. The molecule has 0 aliphatic carbocycles. The fraction of sp³-hybridized carbons (Fsp3) is 0.667. The van der Waals surface area contributed by atoms with Crippen LogP contribution in [0.5, 0.6) is 0 Å². The van der Waals surface area contributed by atoms with Gasteiger partial charge in [-0.15, -0.1) is 0 Å². The normalized spacial score (nSPS) is 13.0. The van der Waals surface area contributed by atoms with E-state index in [1.54, 1.807) is 0 Å². The lowest BCUT2D eigenvalue weighted by Crippen LogP contribution is -2.23. The first-order chi connectivity index (χ1) is 7.03. The van der Waals surface area contributed by atoms with Crippen LogP contribution < -0.4 is 0 Å². The van der Waals surface area contributed by atoms with Crippen molar-refractivity contribution in [2.75, 3.05) is 0 Å². The maximum absolute atomic E-state index is 13.6. The molecular formula is C12H18ClFN2. The Morgan fingerprint density at radius 3 is 1.81 bits per heavy atom. The molecule has 0 atom stereocenters. The lowest BCUT2D eigenvalue weighted by atomic mass is 9.90. The molecular weight excluding hydrogens is 227 g/mol. The number of hydrogen-bond acceptors (Lipinski definition) is 2. The van der Waals surface area contributed by atoms with Gasteiger partial charge in [-0.1, -0.05) is 53.1 Å². The molecule has 0 bridgehead atoms. The molecule has 90 valence electrons. The largest absolute Gasteiger partial charge is 0.235 e. The van der Waals surface area contributed by atoms with Gasteiger partial charge in [-0.05, 0) is 0 Å². The highest BCUT2D eigenvalue weighted by Gasteiger charge is 2.27. The molecule has 0 radical (unpaired) electrons. The highest BCUT2D eigenvalue weighted by atomic mass is 35.5. The topological polar surface area (TPSA) is 25.8 Å². The summed E-state index contributed by atoms with van der Waals surface area (Å²) < 4.78 is 13.6. The first-order valence-corrected chi connectivity index (χ1v) is 5.65. The average molecular weight is 245 g/mol. The lowest BCUT2D eigenvalue weighted by molar-refractivity contribution is 0.476. The molecule has 0 aromatic carbocycles. The minimum atomic E-state index is -0.633. The summed E-state index contributed by atoms with van der Waals surface area (Å²) in [5, 5.41) is 0.0282. The molecule has 0 amide bonds. The van der Waals surface area contributed by atoms with Gasteiger partial charge in [0.15, 0.2) is 0 Å². The van der Waals surface area contributed by atoms with Gasteiger partial charge in [0, 0.05) is 10.8 Å². The van der Waals surface area contributed by atoms with Crippen LogP contribution in [0.15, 0.2) is 0 Å². The number of halogens is 2. The van der Waals surface area contributed by atoms with Gasteiger partial charge in [0.25, 0.3) is 0 Å². The van der Waals surface area contributed by atoms with E-state index >= 15 is 0 Å². The Balaban J connectivity index is 3.46. The van der Waals surface area contributed by atoms with Crippen LogP contribution in [0.25, 0.3) is 0 Å². The maximum Gasteiger partial charge on any atom is 0.235 e. The fourth-order valence-corrected chi connectivity index (χ4v) is 1.62. The van der Waals surface area contributed by atoms with E-state index in [1.165, 1.54) is 0 Å². The van der Waals surface area contributed by atoms with Crippen LogP contribution in [-0.4, -0.2) is 9.97 Å². The average Bonchev–Trinajstić information content (AvgIpc) is 2.05. The Labute approximate surface area is 101 Å². The molecule has 1 aromatic heterocycles. The molecule has 0 unspecified atom stereocenters. The smallest absolute Gasteiger partial charge is 0.235 e. The standard InChI is InChI=1S/C12H18ClFN2/c1-11(2,3)8-7(13)9(14)16-10(15-8)12(4,5)6/h1-6H3. The summed E-state index contributed by atoms with van der Waals surface area (Å²) >= 11 is 5.90. The first kappa shape index (κ1) is 13.4. The highest BCUT2D eigenvalue weighted by molar-refractivity contribution is 6.31. The van der Waals surface area contributed by atoms with Crippen molar-refractivity contribution in [1.29, 1.82) is 0 Å². The third kappa shape index (κ3) is 2.70. The van der Waals surface area contributed by atoms with Crippen molar-refractivity contribution in [3.05, 3.63) is 22.5 Å². The molecule has 0 N–H and O–H groups in total. The minimum Gasteiger partial charge on any atom is -0.235 e. The maximum atomic E-state index is 13.6. The van der Waals surface area contributed by atoms with Crippen LogP contribution in [0.4, 0.5) is 4.39 Å².